The molecule has 0 spiro atoms. The van der Waals surface area contributed by atoms with Crippen LogP contribution in [0.3, 0.4) is 0 Å². The summed E-state index contributed by atoms with van der Waals surface area (Å²) in [6.07, 6.45) is 3.59. The van der Waals surface area contributed by atoms with Gasteiger partial charge in [-0.1, -0.05) is 29.5 Å². The molecule has 0 fully saturated rings. The lowest BCUT2D eigenvalue weighted by Gasteiger charge is -2.24. The second kappa shape index (κ2) is 6.65. The van der Waals surface area contributed by atoms with Crippen LogP contribution in [0, 0.1) is 0 Å². The number of pyridine rings is 1. The number of fused-ring (bicyclic) bond motifs is 1. The maximum Gasteiger partial charge on any atom is 0.305 e. The Morgan fingerprint density at radius 2 is 1.96 bits per heavy atom. The van der Waals surface area contributed by atoms with Crippen LogP contribution in [0.4, 0.5) is 11.4 Å². The number of aromatic hydroxyl groups is 1. The van der Waals surface area contributed by atoms with Crippen molar-refractivity contribution in [3.63, 3.8) is 0 Å². The van der Waals surface area contributed by atoms with Crippen LogP contribution in [-0.2, 0) is 0 Å². The van der Waals surface area contributed by atoms with Crippen molar-refractivity contribution in [2.75, 3.05) is 11.4 Å². The highest BCUT2D eigenvalue weighted by molar-refractivity contribution is 7.16. The number of H-pyrrole nitrogens is 1. The first-order chi connectivity index (χ1) is 12.7. The Kier molecular flexibility index (Phi) is 4.18. The molecular formula is C20H17N3O2S. The fraction of sp³-hybridized carbons (Fsp3) is 0.100. The van der Waals surface area contributed by atoms with Gasteiger partial charge in [0, 0.05) is 18.3 Å². The second-order valence-corrected chi connectivity index (χ2v) is 6.90. The molecule has 0 radical (unpaired) electrons. The smallest absolute Gasteiger partial charge is 0.305 e. The summed E-state index contributed by atoms with van der Waals surface area (Å²) in [6.45, 7) is 2.73. The average molecular weight is 363 g/mol. The zero-order valence-corrected chi connectivity index (χ0v) is 15.0. The van der Waals surface area contributed by atoms with E-state index in [1.807, 2.05) is 48.2 Å². The summed E-state index contributed by atoms with van der Waals surface area (Å²) < 4.78 is 0.922. The average Bonchev–Trinajstić information content (AvgIpc) is 3.03. The molecule has 5 nitrogen and oxygen atoms in total. The molecule has 0 atom stereocenters. The topological polar surface area (TPSA) is 69.2 Å². The molecule has 6 heteroatoms. The third kappa shape index (κ3) is 2.95. The van der Waals surface area contributed by atoms with Crippen molar-refractivity contribution in [1.29, 1.82) is 0 Å². The quantitative estimate of drug-likeness (QED) is 0.559. The van der Waals surface area contributed by atoms with E-state index in [4.69, 9.17) is 0 Å². The van der Waals surface area contributed by atoms with Gasteiger partial charge in [-0.15, -0.1) is 0 Å². The third-order valence-corrected chi connectivity index (χ3v) is 5.12. The number of aromatic amines is 1. The van der Waals surface area contributed by atoms with Crippen LogP contribution in [0.5, 0.6) is 5.75 Å². The number of phenols is 1. The molecular weight excluding hydrogens is 346 g/mol. The van der Waals surface area contributed by atoms with Gasteiger partial charge >= 0.3 is 4.87 Å². The first-order valence-electron chi connectivity index (χ1n) is 8.29. The molecule has 0 saturated heterocycles. The van der Waals surface area contributed by atoms with Crippen LogP contribution in [-0.4, -0.2) is 21.6 Å². The van der Waals surface area contributed by atoms with Crippen molar-refractivity contribution in [1.82, 2.24) is 9.97 Å². The van der Waals surface area contributed by atoms with Crippen molar-refractivity contribution < 1.29 is 5.11 Å². The summed E-state index contributed by atoms with van der Waals surface area (Å²) in [4.78, 5) is 20.7. The summed E-state index contributed by atoms with van der Waals surface area (Å²) in [5.41, 5.74) is 4.44. The number of para-hydroxylation sites is 2. The molecule has 2 aromatic carbocycles. The van der Waals surface area contributed by atoms with Crippen molar-refractivity contribution >= 4 is 32.9 Å². The summed E-state index contributed by atoms with van der Waals surface area (Å²) >= 11 is 1.20. The Labute approximate surface area is 154 Å². The fourth-order valence-electron chi connectivity index (χ4n) is 3.04. The van der Waals surface area contributed by atoms with Crippen LogP contribution in [0.1, 0.15) is 6.92 Å². The molecule has 2 heterocycles. The van der Waals surface area contributed by atoms with Crippen molar-refractivity contribution in [3.8, 4) is 16.9 Å². The molecule has 0 saturated carbocycles. The summed E-state index contributed by atoms with van der Waals surface area (Å²) in [6, 6.07) is 15.2. The Balaban J connectivity index is 1.77. The number of anilines is 2. The van der Waals surface area contributed by atoms with Crippen molar-refractivity contribution in [3.05, 3.63) is 70.6 Å². The van der Waals surface area contributed by atoms with E-state index in [0.29, 0.717) is 6.54 Å². The first kappa shape index (κ1) is 16.4. The standard InChI is InChI=1S/C20H17N3O2S/c1-2-23(17-5-3-4-6-18(17)24)15-9-14(11-21-12-15)13-7-8-16-19(10-13)26-20(25)22-16/h3-12,24H,2H2,1H3,(H,22,25). The number of phenolic OH excluding ortho intramolecular Hbond substituents is 1. The summed E-state index contributed by atoms with van der Waals surface area (Å²) in [5.74, 6) is 0.235. The number of aromatic nitrogens is 2. The van der Waals surface area contributed by atoms with Gasteiger partial charge in [-0.2, -0.15) is 0 Å². The summed E-state index contributed by atoms with van der Waals surface area (Å²) in [5, 5.41) is 10.2. The molecule has 0 aliphatic heterocycles. The Bertz CT molecular complexity index is 1130. The molecule has 0 amide bonds. The van der Waals surface area contributed by atoms with Crippen LogP contribution >= 0.6 is 11.3 Å². The Morgan fingerprint density at radius 1 is 1.12 bits per heavy atom. The van der Waals surface area contributed by atoms with Crippen LogP contribution < -0.4 is 9.77 Å². The van der Waals surface area contributed by atoms with E-state index in [2.05, 4.69) is 9.97 Å². The number of benzene rings is 2. The summed E-state index contributed by atoms with van der Waals surface area (Å²) in [7, 11) is 0. The number of hydrogen-bond donors (Lipinski definition) is 2. The lowest BCUT2D eigenvalue weighted by atomic mass is 10.1. The molecule has 4 rings (SSSR count). The predicted octanol–water partition coefficient (Wildman–Crippen LogP) is 4.52. The minimum atomic E-state index is -0.0549. The maximum absolute atomic E-state index is 11.5. The van der Waals surface area contributed by atoms with E-state index in [1.54, 1.807) is 24.5 Å². The first-order valence-corrected chi connectivity index (χ1v) is 9.11. The van der Waals surface area contributed by atoms with Gasteiger partial charge in [-0.25, -0.2) is 0 Å². The molecule has 130 valence electrons. The third-order valence-electron chi connectivity index (χ3n) is 4.28. The second-order valence-electron chi connectivity index (χ2n) is 5.89. The lowest BCUT2D eigenvalue weighted by Crippen LogP contribution is -2.16. The lowest BCUT2D eigenvalue weighted by molar-refractivity contribution is 0.475. The zero-order valence-electron chi connectivity index (χ0n) is 14.1. The van der Waals surface area contributed by atoms with E-state index < -0.39 is 0 Å². The molecule has 4 aromatic rings. The SMILES string of the molecule is CCN(c1cncc(-c2ccc3[nH]c(=O)sc3c2)c1)c1ccccc1O. The van der Waals surface area contributed by atoms with E-state index >= 15 is 0 Å². The largest absolute Gasteiger partial charge is 0.506 e. The predicted molar refractivity (Wildman–Crippen MR) is 106 cm³/mol. The highest BCUT2D eigenvalue weighted by atomic mass is 32.1. The van der Waals surface area contributed by atoms with Crippen molar-refractivity contribution in [2.45, 2.75) is 6.92 Å². The minimum Gasteiger partial charge on any atom is -0.506 e. The molecule has 0 aliphatic carbocycles. The van der Waals surface area contributed by atoms with E-state index in [-0.39, 0.29) is 10.6 Å². The van der Waals surface area contributed by atoms with Gasteiger partial charge < -0.3 is 15.0 Å². The van der Waals surface area contributed by atoms with Crippen LogP contribution in [0.15, 0.2) is 65.7 Å². The van der Waals surface area contributed by atoms with Gasteiger partial charge in [0.1, 0.15) is 5.75 Å². The van der Waals surface area contributed by atoms with Crippen LogP contribution in [0.2, 0.25) is 0 Å². The highest BCUT2D eigenvalue weighted by Gasteiger charge is 2.13. The minimum absolute atomic E-state index is 0.0549. The normalized spacial score (nSPS) is 11.0. The maximum atomic E-state index is 11.5. The van der Waals surface area contributed by atoms with E-state index in [9.17, 15) is 9.90 Å². The molecule has 2 aromatic heterocycles. The molecule has 0 aliphatic rings. The van der Waals surface area contributed by atoms with Crippen molar-refractivity contribution in [2.24, 2.45) is 0 Å². The Morgan fingerprint density at radius 3 is 2.77 bits per heavy atom. The number of nitrogens with zero attached hydrogens (tertiary/aromatic N) is 2. The number of nitrogens with one attached hydrogen (secondary N) is 1. The van der Waals surface area contributed by atoms with E-state index in [1.165, 1.54) is 11.3 Å². The van der Waals surface area contributed by atoms with Gasteiger partial charge in [-0.3, -0.25) is 9.78 Å². The number of thiazole rings is 1. The molecule has 0 unspecified atom stereocenters. The van der Waals surface area contributed by atoms with Gasteiger partial charge in [0.25, 0.3) is 0 Å². The van der Waals surface area contributed by atoms with Gasteiger partial charge in [0.15, 0.2) is 0 Å². The Hall–Kier alpha value is -3.12. The van der Waals surface area contributed by atoms with Gasteiger partial charge in [0.2, 0.25) is 0 Å². The molecule has 2 N–H and O–H groups in total. The monoisotopic (exact) mass is 363 g/mol. The van der Waals surface area contributed by atoms with Crippen LogP contribution in [0.25, 0.3) is 21.3 Å². The van der Waals surface area contributed by atoms with Gasteiger partial charge in [0.05, 0.1) is 27.8 Å². The number of rotatable bonds is 4. The fourth-order valence-corrected chi connectivity index (χ4v) is 3.82. The zero-order chi connectivity index (χ0) is 18.1. The van der Waals surface area contributed by atoms with E-state index in [0.717, 1.165) is 32.7 Å². The molecule has 26 heavy (non-hydrogen) atoms. The van der Waals surface area contributed by atoms with Gasteiger partial charge in [-0.05, 0) is 42.8 Å². The highest BCUT2D eigenvalue weighted by Crippen LogP contribution is 2.34. The molecule has 0 bridgehead atoms. The number of hydrogen-bond acceptors (Lipinski definition) is 5.